The number of ether oxygens (including phenoxy) is 1. The number of ketones is 3. The Morgan fingerprint density at radius 3 is 1.23 bits per heavy atom. The summed E-state index contributed by atoms with van der Waals surface area (Å²) < 4.78 is 13.5. The maximum absolute atomic E-state index is 13.1. The van der Waals surface area contributed by atoms with Gasteiger partial charge in [-0.25, -0.2) is 4.98 Å². The van der Waals surface area contributed by atoms with E-state index in [2.05, 4.69) is 66.8 Å². The van der Waals surface area contributed by atoms with E-state index in [-0.39, 0.29) is 36.6 Å². The van der Waals surface area contributed by atoms with Crippen molar-refractivity contribution in [2.24, 2.45) is 38.3 Å². The van der Waals surface area contributed by atoms with Gasteiger partial charge in [-0.2, -0.15) is 0 Å². The van der Waals surface area contributed by atoms with E-state index in [9.17, 15) is 14.4 Å². The van der Waals surface area contributed by atoms with E-state index in [4.69, 9.17) is 54.5 Å². The smallest absolute Gasteiger partial charge is 0.162 e. The molecule has 0 saturated carbocycles. The molecule has 0 amide bonds. The summed E-state index contributed by atoms with van der Waals surface area (Å²) in [7, 11) is 3.59. The molecule has 492 valence electrons. The number of carbonyl (C=O) groups is 3. The van der Waals surface area contributed by atoms with Crippen LogP contribution in [0.2, 0.25) is 15.1 Å². The first-order valence-electron chi connectivity index (χ1n) is 31.8. The molecule has 3 aliphatic rings. The second kappa shape index (κ2) is 27.0. The zero-order chi connectivity index (χ0) is 68.9. The molecule has 0 fully saturated rings. The van der Waals surface area contributed by atoms with Crippen LogP contribution in [0.3, 0.4) is 0 Å². The zero-order valence-electron chi connectivity index (χ0n) is 56.7. The fraction of sp³-hybridized carbons (Fsp3) is 0.320. The van der Waals surface area contributed by atoms with E-state index >= 15 is 0 Å². The molecule has 13 rings (SSSR count). The highest BCUT2D eigenvalue weighted by atomic mass is 35.5. The van der Waals surface area contributed by atoms with Crippen LogP contribution >= 0.6 is 34.8 Å². The Labute approximate surface area is 574 Å². The fourth-order valence-corrected chi connectivity index (χ4v) is 12.1. The first kappa shape index (κ1) is 68.0. The summed E-state index contributed by atoms with van der Waals surface area (Å²) in [4.78, 5) is 58.9. The quantitative estimate of drug-likeness (QED) is 0.119. The van der Waals surface area contributed by atoms with E-state index in [1.54, 1.807) is 13.4 Å². The van der Waals surface area contributed by atoms with Crippen LogP contribution in [0.4, 0.5) is 0 Å². The number of carbonyl (C=O) groups excluding carboxylic acids is 3. The van der Waals surface area contributed by atoms with Crippen molar-refractivity contribution in [1.82, 2.24) is 53.8 Å². The predicted octanol–water partition coefficient (Wildman–Crippen LogP) is 16.1. The van der Waals surface area contributed by atoms with Crippen molar-refractivity contribution in [3.05, 3.63) is 229 Å². The summed E-state index contributed by atoms with van der Waals surface area (Å²) in [5.41, 5.74) is 12.3. The number of hydrogen-bond donors (Lipinski definition) is 0. The number of methoxy groups -OCH3 is 1. The van der Waals surface area contributed by atoms with E-state index < -0.39 is 34.4 Å². The minimum Gasteiger partial charge on any atom is -0.497 e. The van der Waals surface area contributed by atoms with Crippen molar-refractivity contribution >= 4 is 69.3 Å². The number of aromatic nitrogens is 11. The highest BCUT2D eigenvalue weighted by Crippen LogP contribution is 2.40. The molecule has 0 radical (unpaired) electrons. The third kappa shape index (κ3) is 14.1. The molecule has 4 aromatic heterocycles. The van der Waals surface area contributed by atoms with E-state index in [0.717, 1.165) is 108 Å². The Kier molecular flexibility index (Phi) is 19.2. The molecule has 0 bridgehead atoms. The van der Waals surface area contributed by atoms with E-state index in [1.165, 1.54) is 0 Å². The van der Waals surface area contributed by atoms with Gasteiger partial charge in [0.05, 0.1) is 53.3 Å². The van der Waals surface area contributed by atoms with Crippen LogP contribution in [-0.4, -0.2) is 95.4 Å². The van der Waals surface area contributed by atoms with Gasteiger partial charge in [0.2, 0.25) is 0 Å². The SMILES string of the molecule is COc1ccc2c(c1)C(c1ccc(Cl)cc1)=N[C@@H](CC(=O)C(C)(C)C)c1nnc(C)n1-2.Cc1cccc2c1C(c1ccc(Cl)cc1)=N[C@@H](CC(=O)C(C)(C)C)c1nnc(C)n1-2.Cc1nnc2n1-c1ccc(-c3cn(C)cn3)cc1C(c1ccc(Cl)cc1)=N[C@H]2CC(=O)C(C)(C)C. The number of hydrogen-bond acceptors (Lipinski definition) is 14. The van der Waals surface area contributed by atoms with Crippen LogP contribution in [0.15, 0.2) is 155 Å². The first-order chi connectivity index (χ1) is 45.5. The summed E-state index contributed by atoms with van der Waals surface area (Å²) >= 11 is 18.5. The Morgan fingerprint density at radius 2 is 0.833 bits per heavy atom. The van der Waals surface area contributed by atoms with Crippen molar-refractivity contribution in [3.63, 3.8) is 0 Å². The number of imidazole rings is 1. The minimum absolute atomic E-state index is 0.118. The Balaban J connectivity index is 0.000000147. The number of aliphatic imine (C=N–C) groups is 3. The van der Waals surface area contributed by atoms with Crippen LogP contribution in [0.5, 0.6) is 5.75 Å². The van der Waals surface area contributed by atoms with Crippen molar-refractivity contribution < 1.29 is 19.1 Å². The van der Waals surface area contributed by atoms with Gasteiger partial charge in [0.15, 0.2) is 17.5 Å². The Morgan fingerprint density at radius 1 is 0.458 bits per heavy atom. The molecule has 0 unspecified atom stereocenters. The lowest BCUT2D eigenvalue weighted by atomic mass is 9.87. The topological polar surface area (TPSA) is 207 Å². The van der Waals surface area contributed by atoms with Crippen molar-refractivity contribution in [3.8, 4) is 34.1 Å². The van der Waals surface area contributed by atoms with Crippen LogP contribution in [0.1, 0.15) is 174 Å². The minimum atomic E-state index is -0.485. The van der Waals surface area contributed by atoms with Gasteiger partial charge >= 0.3 is 0 Å². The number of aryl methyl sites for hydroxylation is 5. The van der Waals surface area contributed by atoms with E-state index in [1.807, 2.05) is 218 Å². The van der Waals surface area contributed by atoms with Gasteiger partial charge in [-0.05, 0) is 106 Å². The third-order valence-corrected chi connectivity index (χ3v) is 18.0. The average molecular weight is 1340 g/mol. The van der Waals surface area contributed by atoms with Crippen LogP contribution in [0.25, 0.3) is 28.3 Å². The molecule has 3 atom stereocenters. The van der Waals surface area contributed by atoms with Crippen LogP contribution in [-0.2, 0) is 21.4 Å². The number of halogens is 3. The fourth-order valence-electron chi connectivity index (χ4n) is 11.7. The molecule has 0 N–H and O–H groups in total. The molecule has 18 nitrogen and oxygen atoms in total. The molecule has 96 heavy (non-hydrogen) atoms. The Bertz CT molecular complexity index is 4720. The number of benzene rings is 6. The molecule has 0 aliphatic carbocycles. The lowest BCUT2D eigenvalue weighted by molar-refractivity contribution is -0.127. The number of Topliss-reactive ketones (excluding diaryl/α,β-unsaturated/α-hetero) is 3. The largest absolute Gasteiger partial charge is 0.497 e. The van der Waals surface area contributed by atoms with Gasteiger partial charge in [-0.1, -0.05) is 152 Å². The highest BCUT2D eigenvalue weighted by molar-refractivity contribution is 6.31. The lowest BCUT2D eigenvalue weighted by Crippen LogP contribution is -2.23. The molecule has 7 heterocycles. The zero-order valence-corrected chi connectivity index (χ0v) is 58.9. The van der Waals surface area contributed by atoms with Crippen molar-refractivity contribution in [2.75, 3.05) is 7.11 Å². The van der Waals surface area contributed by atoms with Crippen LogP contribution < -0.4 is 4.74 Å². The summed E-state index contributed by atoms with van der Waals surface area (Å²) in [6, 6.07) is 39.7. The van der Waals surface area contributed by atoms with E-state index in [0.29, 0.717) is 32.5 Å². The molecular weight excluding hydrogens is 1270 g/mol. The second-order valence-corrected chi connectivity index (χ2v) is 28.8. The summed E-state index contributed by atoms with van der Waals surface area (Å²) in [6.45, 7) is 25.2. The number of nitrogens with zero attached hydrogens (tertiary/aromatic N) is 14. The predicted molar refractivity (Wildman–Crippen MR) is 379 cm³/mol. The maximum atomic E-state index is 13.1. The number of rotatable bonds is 11. The molecule has 10 aromatic rings. The molecule has 0 spiro atoms. The number of fused-ring (bicyclic) bond motifs is 9. The van der Waals surface area contributed by atoms with Gasteiger partial charge in [-0.3, -0.25) is 43.1 Å². The molecule has 0 saturated heterocycles. The maximum Gasteiger partial charge on any atom is 0.162 e. The first-order valence-corrected chi connectivity index (χ1v) is 32.9. The summed E-state index contributed by atoms with van der Waals surface area (Å²) in [5, 5.41) is 28.3. The normalized spacial score (nSPS) is 15.5. The Hall–Kier alpha value is -9.36. The van der Waals surface area contributed by atoms with Crippen molar-refractivity contribution in [2.45, 2.75) is 127 Å². The summed E-state index contributed by atoms with van der Waals surface area (Å²) in [6.07, 6.45) is 4.51. The van der Waals surface area contributed by atoms with Gasteiger partial charge < -0.3 is 9.30 Å². The lowest BCUT2D eigenvalue weighted by Gasteiger charge is -2.19. The molecule has 3 aliphatic heterocycles. The van der Waals surface area contributed by atoms with Gasteiger partial charge in [0.1, 0.15) is 58.7 Å². The molecular formula is C75H77Cl3N14O4. The standard InChI is InChI=1S/C27H27ClN6O.C24H25ClN4O2.C24H25ClN4O/c1-16-31-32-26-21(13-24(35)27(2,3)4)30-25(17-6-9-19(28)10-7-17)20-12-18(8-11-23(20)34(16)26)22-14-33(5)15-29-22;1-14-27-28-23-19(13-21(30)24(2,3)4)26-22(15-6-8-16(25)9-7-15)18-12-17(31-5)10-11-20(18)29(14)23;1-14-7-6-8-19-21(14)22(16-9-11-17(25)12-10-16)26-18(13-20(30)24(3,4)5)23-28-27-15(2)29(19)23/h6-12,14-15,21H,13H2,1-5H3;6-12,19H,13H2,1-5H3;6-12,18H,13H2,1-5H3/t21-;19-;18-/m000/s1. The highest BCUT2D eigenvalue weighted by Gasteiger charge is 2.37. The van der Waals surface area contributed by atoms with Gasteiger partial charge in [0, 0.05) is 103 Å². The average Bonchev–Trinajstić information content (AvgIpc) is 1.62. The van der Waals surface area contributed by atoms with Gasteiger partial charge in [-0.15, -0.1) is 30.6 Å². The molecule has 21 heteroatoms. The van der Waals surface area contributed by atoms with Gasteiger partial charge in [0.25, 0.3) is 0 Å². The van der Waals surface area contributed by atoms with Crippen molar-refractivity contribution in [1.29, 1.82) is 0 Å². The second-order valence-electron chi connectivity index (χ2n) is 27.5. The monoisotopic (exact) mass is 1340 g/mol. The van der Waals surface area contributed by atoms with Crippen LogP contribution in [0, 0.1) is 43.9 Å². The third-order valence-electron chi connectivity index (χ3n) is 17.2. The summed E-state index contributed by atoms with van der Waals surface area (Å²) in [5.74, 6) is 5.37. The molecule has 6 aromatic carbocycles.